The lowest BCUT2D eigenvalue weighted by atomic mass is 10.1. The first-order valence-electron chi connectivity index (χ1n) is 7.17. The number of anilines is 1. The molecule has 1 aliphatic heterocycles. The third-order valence-corrected chi connectivity index (χ3v) is 3.53. The van der Waals surface area contributed by atoms with Gasteiger partial charge >= 0.3 is 6.18 Å². The molecule has 116 valence electrons. The Morgan fingerprint density at radius 2 is 2.19 bits per heavy atom. The van der Waals surface area contributed by atoms with E-state index in [4.69, 9.17) is 0 Å². The zero-order chi connectivity index (χ0) is 15.3. The molecule has 0 amide bonds. The number of alkyl halides is 3. The van der Waals surface area contributed by atoms with Crippen molar-refractivity contribution in [3.63, 3.8) is 0 Å². The molecule has 0 atom stereocenters. The van der Waals surface area contributed by atoms with Crippen molar-refractivity contribution < 1.29 is 13.2 Å². The summed E-state index contributed by atoms with van der Waals surface area (Å²) in [6.07, 6.45) is 1.62. The maximum absolute atomic E-state index is 12.6. The summed E-state index contributed by atoms with van der Waals surface area (Å²) in [6.45, 7) is 4.36. The molecular formula is C15H20F3N3. The molecule has 6 heteroatoms. The number of aromatic nitrogens is 1. The number of hydrogen-bond donors (Lipinski definition) is 1. The van der Waals surface area contributed by atoms with Crippen molar-refractivity contribution in [3.8, 4) is 0 Å². The minimum Gasteiger partial charge on any atom is -0.367 e. The second kappa shape index (κ2) is 6.93. The molecule has 1 aliphatic rings. The summed E-state index contributed by atoms with van der Waals surface area (Å²) in [7, 11) is 0. The van der Waals surface area contributed by atoms with Gasteiger partial charge < -0.3 is 10.2 Å². The third kappa shape index (κ3) is 4.20. The molecule has 0 fully saturated rings. The Morgan fingerprint density at radius 3 is 2.81 bits per heavy atom. The minimum atomic E-state index is -4.20. The Morgan fingerprint density at radius 1 is 1.38 bits per heavy atom. The highest BCUT2D eigenvalue weighted by Crippen LogP contribution is 2.32. The molecule has 1 N–H and O–H groups in total. The zero-order valence-corrected chi connectivity index (χ0v) is 12.1. The highest BCUT2D eigenvalue weighted by Gasteiger charge is 2.34. The van der Waals surface area contributed by atoms with Crippen molar-refractivity contribution in [2.45, 2.75) is 32.5 Å². The van der Waals surface area contributed by atoms with Crippen molar-refractivity contribution >= 4 is 5.69 Å². The molecule has 1 aromatic heterocycles. The second-order valence-corrected chi connectivity index (χ2v) is 5.10. The molecule has 21 heavy (non-hydrogen) atoms. The van der Waals surface area contributed by atoms with Crippen LogP contribution in [0, 0.1) is 0 Å². The van der Waals surface area contributed by atoms with Gasteiger partial charge in [0.25, 0.3) is 0 Å². The van der Waals surface area contributed by atoms with E-state index in [1.165, 1.54) is 6.08 Å². The number of rotatable bonds is 5. The lowest BCUT2D eigenvalue weighted by Gasteiger charge is -2.30. The lowest BCUT2D eigenvalue weighted by molar-refractivity contribution is -0.0943. The van der Waals surface area contributed by atoms with Crippen LogP contribution in [0.1, 0.15) is 25.3 Å². The molecule has 2 rings (SSSR count). The molecular weight excluding hydrogens is 279 g/mol. The van der Waals surface area contributed by atoms with Crippen LogP contribution in [-0.2, 0) is 6.54 Å². The summed E-state index contributed by atoms with van der Waals surface area (Å²) < 4.78 is 37.9. The smallest absolute Gasteiger partial charge is 0.367 e. The molecule has 0 unspecified atom stereocenters. The predicted molar refractivity (Wildman–Crippen MR) is 77.2 cm³/mol. The molecule has 0 bridgehead atoms. The Labute approximate surface area is 122 Å². The third-order valence-electron chi connectivity index (χ3n) is 3.53. The Kier molecular flexibility index (Phi) is 5.22. The first-order valence-corrected chi connectivity index (χ1v) is 7.17. The van der Waals surface area contributed by atoms with Gasteiger partial charge in [0.15, 0.2) is 0 Å². The first-order chi connectivity index (χ1) is 10.0. The fraction of sp³-hybridized carbons (Fsp3) is 0.533. The molecule has 2 heterocycles. The van der Waals surface area contributed by atoms with E-state index in [0.717, 1.165) is 24.2 Å². The van der Waals surface area contributed by atoms with Crippen LogP contribution in [0.3, 0.4) is 0 Å². The summed E-state index contributed by atoms with van der Waals surface area (Å²) in [5.74, 6) is 0. The highest BCUT2D eigenvalue weighted by molar-refractivity contribution is 5.53. The van der Waals surface area contributed by atoms with Gasteiger partial charge in [-0.15, -0.1) is 0 Å². The summed E-state index contributed by atoms with van der Waals surface area (Å²) in [5.41, 5.74) is 1.57. The largest absolute Gasteiger partial charge is 0.412 e. The van der Waals surface area contributed by atoms with E-state index in [1.807, 2.05) is 11.0 Å². The van der Waals surface area contributed by atoms with Crippen molar-refractivity contribution in [2.75, 3.05) is 24.5 Å². The summed E-state index contributed by atoms with van der Waals surface area (Å²) in [6, 6.07) is 1.87. The van der Waals surface area contributed by atoms with Crippen molar-refractivity contribution in [1.82, 2.24) is 10.3 Å². The molecule has 0 saturated heterocycles. The van der Waals surface area contributed by atoms with Crippen LogP contribution in [0.25, 0.3) is 0 Å². The Hall–Kier alpha value is -1.56. The minimum absolute atomic E-state index is 0.0354. The van der Waals surface area contributed by atoms with Crippen LogP contribution in [0.2, 0.25) is 0 Å². The van der Waals surface area contributed by atoms with Gasteiger partial charge in [0, 0.05) is 48.9 Å². The van der Waals surface area contributed by atoms with Gasteiger partial charge in [0.1, 0.15) is 0 Å². The van der Waals surface area contributed by atoms with Gasteiger partial charge in [-0.3, -0.25) is 4.98 Å². The Bertz CT molecular complexity index is 497. The summed E-state index contributed by atoms with van der Waals surface area (Å²) >= 11 is 0. The highest BCUT2D eigenvalue weighted by atomic mass is 19.4. The van der Waals surface area contributed by atoms with Crippen molar-refractivity contribution in [2.24, 2.45) is 0 Å². The normalized spacial score (nSPS) is 16.0. The van der Waals surface area contributed by atoms with Gasteiger partial charge in [0.2, 0.25) is 0 Å². The van der Waals surface area contributed by atoms with E-state index in [1.54, 1.807) is 12.4 Å². The van der Waals surface area contributed by atoms with Gasteiger partial charge in [0.05, 0.1) is 0 Å². The molecule has 0 aromatic carbocycles. The average Bonchev–Trinajstić information content (AvgIpc) is 2.47. The van der Waals surface area contributed by atoms with Gasteiger partial charge in [-0.2, -0.15) is 13.2 Å². The van der Waals surface area contributed by atoms with Crippen LogP contribution in [0.4, 0.5) is 18.9 Å². The number of halogens is 3. The second-order valence-electron chi connectivity index (χ2n) is 5.10. The van der Waals surface area contributed by atoms with Crippen LogP contribution in [0.15, 0.2) is 30.1 Å². The Balaban J connectivity index is 2.08. The fourth-order valence-electron chi connectivity index (χ4n) is 2.41. The van der Waals surface area contributed by atoms with E-state index >= 15 is 0 Å². The summed E-state index contributed by atoms with van der Waals surface area (Å²) in [5, 5.41) is 3.30. The monoisotopic (exact) mass is 299 g/mol. The quantitative estimate of drug-likeness (QED) is 0.668. The van der Waals surface area contributed by atoms with Crippen molar-refractivity contribution in [1.29, 1.82) is 0 Å². The maximum Gasteiger partial charge on any atom is 0.412 e. The topological polar surface area (TPSA) is 28.2 Å². The van der Waals surface area contributed by atoms with Crippen LogP contribution in [-0.4, -0.2) is 30.8 Å². The number of hydrogen-bond acceptors (Lipinski definition) is 3. The van der Waals surface area contributed by atoms with E-state index in [2.05, 4.69) is 17.2 Å². The SMILES string of the molecule is CCCNCc1cnccc1N1CC=C(C(F)(F)F)CC1. The van der Waals surface area contributed by atoms with E-state index in [0.29, 0.717) is 19.6 Å². The van der Waals surface area contributed by atoms with E-state index < -0.39 is 11.7 Å². The fourth-order valence-corrected chi connectivity index (χ4v) is 2.41. The lowest BCUT2D eigenvalue weighted by Crippen LogP contribution is -2.33. The molecule has 0 saturated carbocycles. The molecule has 1 aromatic rings. The maximum atomic E-state index is 12.6. The summed E-state index contributed by atoms with van der Waals surface area (Å²) in [4.78, 5) is 6.08. The van der Waals surface area contributed by atoms with Crippen LogP contribution in [0.5, 0.6) is 0 Å². The molecule has 0 radical (unpaired) electrons. The number of pyridine rings is 1. The van der Waals surface area contributed by atoms with E-state index in [-0.39, 0.29) is 6.42 Å². The standard InChI is InChI=1S/C15H20F3N3/c1-2-6-19-10-12-11-20-7-3-14(12)21-8-4-13(5-9-21)15(16,17)18/h3-4,7,11,19H,2,5-6,8-10H2,1H3. The zero-order valence-electron chi connectivity index (χ0n) is 12.1. The average molecular weight is 299 g/mol. The van der Waals surface area contributed by atoms with Gasteiger partial charge in [-0.05, 0) is 25.5 Å². The van der Waals surface area contributed by atoms with Crippen LogP contribution < -0.4 is 10.2 Å². The molecule has 0 aliphatic carbocycles. The number of nitrogens with zero attached hydrogens (tertiary/aromatic N) is 2. The first kappa shape index (κ1) is 15.8. The van der Waals surface area contributed by atoms with Crippen LogP contribution >= 0.6 is 0 Å². The predicted octanol–water partition coefficient (Wildman–Crippen LogP) is 3.28. The van der Waals surface area contributed by atoms with Crippen molar-refractivity contribution in [3.05, 3.63) is 35.7 Å². The molecule has 0 spiro atoms. The number of nitrogens with one attached hydrogen (secondary N) is 1. The van der Waals surface area contributed by atoms with Gasteiger partial charge in [-0.25, -0.2) is 0 Å². The molecule has 3 nitrogen and oxygen atoms in total. The van der Waals surface area contributed by atoms with E-state index in [9.17, 15) is 13.2 Å². The van der Waals surface area contributed by atoms with Gasteiger partial charge in [-0.1, -0.05) is 13.0 Å².